The van der Waals surface area contributed by atoms with E-state index in [4.69, 9.17) is 16.3 Å². The van der Waals surface area contributed by atoms with E-state index in [-0.39, 0.29) is 30.1 Å². The van der Waals surface area contributed by atoms with Gasteiger partial charge in [-0.05, 0) is 25.5 Å². The molecular weight excluding hydrogens is 302 g/mol. The normalized spacial score (nSPS) is 32.7. The van der Waals surface area contributed by atoms with Crippen LogP contribution < -0.4 is 0 Å². The number of esters is 1. The van der Waals surface area contributed by atoms with Gasteiger partial charge in [0.2, 0.25) is 0 Å². The lowest BCUT2D eigenvalue weighted by Crippen LogP contribution is -2.51. The first kappa shape index (κ1) is 15.8. The Balaban J connectivity index is 1.69. The molecule has 0 amide bonds. The molecule has 0 spiro atoms. The molecule has 2 aliphatic rings. The predicted octanol–water partition coefficient (Wildman–Crippen LogP) is 2.15. The second-order valence-corrected chi connectivity index (χ2v) is 6.77. The second-order valence-electron chi connectivity index (χ2n) is 6.27. The standard InChI is InChI=1S/C17H22ClNO3/c1-19-12-7-8-14(19)16(18)15(9-12)22-17(21)13(10-20)11-5-3-2-4-6-11/h2-6,12-16,20H,7-10H2,1H3/t12?,13-,14?,15?,16?/m1/s1. The number of nitrogens with zero attached hydrogens (tertiary/aromatic N) is 1. The minimum Gasteiger partial charge on any atom is -0.460 e. The number of alkyl halides is 1. The van der Waals surface area contributed by atoms with Gasteiger partial charge in [-0.2, -0.15) is 0 Å². The van der Waals surface area contributed by atoms with E-state index in [0.29, 0.717) is 6.04 Å². The number of aliphatic hydroxyl groups excluding tert-OH is 1. The molecule has 0 aromatic heterocycles. The number of aliphatic hydroxyl groups is 1. The van der Waals surface area contributed by atoms with Crippen molar-refractivity contribution in [3.05, 3.63) is 35.9 Å². The van der Waals surface area contributed by atoms with Crippen LogP contribution in [0.2, 0.25) is 0 Å². The molecule has 1 aromatic carbocycles. The molecule has 5 atom stereocenters. The summed E-state index contributed by atoms with van der Waals surface area (Å²) in [6.45, 7) is -0.255. The zero-order chi connectivity index (χ0) is 15.7. The minimum absolute atomic E-state index is 0.178. The van der Waals surface area contributed by atoms with E-state index in [1.807, 2.05) is 30.3 Å². The monoisotopic (exact) mass is 323 g/mol. The Bertz CT molecular complexity index is 524. The maximum atomic E-state index is 12.4. The molecule has 22 heavy (non-hydrogen) atoms. The highest BCUT2D eigenvalue weighted by molar-refractivity contribution is 6.21. The van der Waals surface area contributed by atoms with E-state index < -0.39 is 5.92 Å². The first-order chi connectivity index (χ1) is 10.6. The number of rotatable bonds is 4. The fraction of sp³-hybridized carbons (Fsp3) is 0.588. The molecule has 0 saturated carbocycles. The number of carbonyl (C=O) groups excluding carboxylic acids is 1. The fourth-order valence-electron chi connectivity index (χ4n) is 3.70. The van der Waals surface area contributed by atoms with Gasteiger partial charge in [-0.25, -0.2) is 0 Å². The third-order valence-electron chi connectivity index (χ3n) is 5.06. The Morgan fingerprint density at radius 1 is 1.41 bits per heavy atom. The molecule has 2 heterocycles. The average molecular weight is 324 g/mol. The molecule has 4 nitrogen and oxygen atoms in total. The zero-order valence-electron chi connectivity index (χ0n) is 12.7. The summed E-state index contributed by atoms with van der Waals surface area (Å²) < 4.78 is 5.68. The number of carbonyl (C=O) groups is 1. The van der Waals surface area contributed by atoms with Gasteiger partial charge < -0.3 is 9.84 Å². The molecule has 120 valence electrons. The van der Waals surface area contributed by atoms with Crippen LogP contribution in [0.15, 0.2) is 30.3 Å². The molecule has 2 fully saturated rings. The summed E-state index contributed by atoms with van der Waals surface area (Å²) in [5.41, 5.74) is 0.775. The van der Waals surface area contributed by atoms with Crippen molar-refractivity contribution in [2.45, 2.75) is 48.7 Å². The zero-order valence-corrected chi connectivity index (χ0v) is 13.4. The Hall–Kier alpha value is -1.10. The fourth-order valence-corrected chi connectivity index (χ4v) is 4.16. The number of halogens is 1. The van der Waals surface area contributed by atoms with Crippen LogP contribution in [0, 0.1) is 0 Å². The van der Waals surface area contributed by atoms with Crippen LogP contribution in [0.1, 0.15) is 30.7 Å². The Kier molecular flexibility index (Phi) is 4.71. The summed E-state index contributed by atoms with van der Waals surface area (Å²) in [6, 6.07) is 9.98. The van der Waals surface area contributed by atoms with Crippen LogP contribution in [0.5, 0.6) is 0 Å². The quantitative estimate of drug-likeness (QED) is 0.681. The smallest absolute Gasteiger partial charge is 0.316 e. The summed E-state index contributed by atoms with van der Waals surface area (Å²) in [4.78, 5) is 14.8. The number of ether oxygens (including phenoxy) is 1. The van der Waals surface area contributed by atoms with Crippen LogP contribution >= 0.6 is 11.6 Å². The summed E-state index contributed by atoms with van der Waals surface area (Å²) in [6.07, 6.45) is 2.69. The molecule has 2 saturated heterocycles. The van der Waals surface area contributed by atoms with E-state index in [1.54, 1.807) is 0 Å². The van der Waals surface area contributed by atoms with Crippen molar-refractivity contribution < 1.29 is 14.6 Å². The van der Waals surface area contributed by atoms with Gasteiger partial charge in [0.25, 0.3) is 0 Å². The van der Waals surface area contributed by atoms with Gasteiger partial charge in [0.1, 0.15) is 12.0 Å². The van der Waals surface area contributed by atoms with Crippen molar-refractivity contribution in [3.63, 3.8) is 0 Å². The van der Waals surface area contributed by atoms with Crippen LogP contribution in [0.3, 0.4) is 0 Å². The lowest BCUT2D eigenvalue weighted by molar-refractivity contribution is -0.154. The first-order valence-corrected chi connectivity index (χ1v) is 8.27. The summed E-state index contributed by atoms with van der Waals surface area (Å²) >= 11 is 6.53. The Morgan fingerprint density at radius 2 is 2.14 bits per heavy atom. The van der Waals surface area contributed by atoms with Crippen LogP contribution in [-0.2, 0) is 9.53 Å². The third-order valence-corrected chi connectivity index (χ3v) is 5.63. The van der Waals surface area contributed by atoms with Gasteiger partial charge in [-0.1, -0.05) is 30.3 Å². The molecule has 3 rings (SSSR count). The molecule has 2 bridgehead atoms. The van der Waals surface area contributed by atoms with Gasteiger partial charge in [0.15, 0.2) is 0 Å². The molecule has 0 aliphatic carbocycles. The van der Waals surface area contributed by atoms with Crippen molar-refractivity contribution >= 4 is 17.6 Å². The Labute approximate surface area is 136 Å². The van der Waals surface area contributed by atoms with Gasteiger partial charge in [0.05, 0.1) is 12.0 Å². The summed E-state index contributed by atoms with van der Waals surface area (Å²) in [5, 5.41) is 9.38. The van der Waals surface area contributed by atoms with Crippen LogP contribution in [0.25, 0.3) is 0 Å². The topological polar surface area (TPSA) is 49.8 Å². The SMILES string of the molecule is CN1C2CCC1C(Cl)C(OC(=O)[C@H](CO)c1ccccc1)C2. The molecule has 5 heteroatoms. The van der Waals surface area contributed by atoms with E-state index in [0.717, 1.165) is 24.8 Å². The highest BCUT2D eigenvalue weighted by atomic mass is 35.5. The number of hydrogen-bond acceptors (Lipinski definition) is 4. The van der Waals surface area contributed by atoms with E-state index in [1.165, 1.54) is 0 Å². The van der Waals surface area contributed by atoms with Crippen molar-refractivity contribution in [1.29, 1.82) is 0 Å². The summed E-state index contributed by atoms with van der Waals surface area (Å²) in [7, 11) is 2.09. The highest BCUT2D eigenvalue weighted by Crippen LogP contribution is 2.38. The number of benzene rings is 1. The van der Waals surface area contributed by atoms with Gasteiger partial charge >= 0.3 is 5.97 Å². The van der Waals surface area contributed by atoms with Gasteiger partial charge in [-0.3, -0.25) is 9.69 Å². The third kappa shape index (κ3) is 2.87. The van der Waals surface area contributed by atoms with Gasteiger partial charge in [0, 0.05) is 18.5 Å². The Morgan fingerprint density at radius 3 is 2.82 bits per heavy atom. The molecule has 2 aliphatic heterocycles. The maximum absolute atomic E-state index is 12.4. The molecule has 1 N–H and O–H groups in total. The number of piperidine rings is 1. The van der Waals surface area contributed by atoms with Crippen LogP contribution in [-0.4, -0.2) is 53.2 Å². The molecule has 1 aromatic rings. The summed E-state index contributed by atoms with van der Waals surface area (Å²) in [5.74, 6) is -1.02. The number of hydrogen-bond donors (Lipinski definition) is 1. The lowest BCUT2D eigenvalue weighted by atomic mass is 9.98. The molecule has 0 radical (unpaired) electrons. The van der Waals surface area contributed by atoms with E-state index in [2.05, 4.69) is 11.9 Å². The van der Waals surface area contributed by atoms with Crippen molar-refractivity contribution in [1.82, 2.24) is 4.90 Å². The lowest BCUT2D eigenvalue weighted by Gasteiger charge is -2.39. The first-order valence-electron chi connectivity index (χ1n) is 7.84. The minimum atomic E-state index is -0.637. The molecular formula is C17H22ClNO3. The number of fused-ring (bicyclic) bond motifs is 2. The van der Waals surface area contributed by atoms with Gasteiger partial charge in [-0.15, -0.1) is 11.6 Å². The highest BCUT2D eigenvalue weighted by Gasteiger charge is 2.46. The predicted molar refractivity (Wildman–Crippen MR) is 85.0 cm³/mol. The van der Waals surface area contributed by atoms with Crippen molar-refractivity contribution in [3.8, 4) is 0 Å². The van der Waals surface area contributed by atoms with Crippen molar-refractivity contribution in [2.75, 3.05) is 13.7 Å². The maximum Gasteiger partial charge on any atom is 0.316 e. The molecule has 4 unspecified atom stereocenters. The van der Waals surface area contributed by atoms with E-state index >= 15 is 0 Å². The average Bonchev–Trinajstić information content (AvgIpc) is 2.79. The largest absolute Gasteiger partial charge is 0.460 e. The van der Waals surface area contributed by atoms with Crippen LogP contribution in [0.4, 0.5) is 0 Å². The van der Waals surface area contributed by atoms with Crippen molar-refractivity contribution in [2.24, 2.45) is 0 Å². The second kappa shape index (κ2) is 6.57. The van der Waals surface area contributed by atoms with E-state index in [9.17, 15) is 9.90 Å².